The number of halogens is 3. The molecular weight excluding hydrogens is 377 g/mol. The van der Waals surface area contributed by atoms with Gasteiger partial charge in [0.1, 0.15) is 5.75 Å². The number of hydrogen-bond donors (Lipinski definition) is 1. The third kappa shape index (κ3) is 4.65. The number of nitrogens with zero attached hydrogens (tertiary/aromatic N) is 1. The molecule has 1 heterocycles. The molecule has 0 bridgehead atoms. The van der Waals surface area contributed by atoms with Gasteiger partial charge in [-0.2, -0.15) is 13.2 Å². The van der Waals surface area contributed by atoms with E-state index in [1.807, 2.05) is 18.2 Å². The Kier molecular flexibility index (Phi) is 5.46. The zero-order valence-corrected chi connectivity index (χ0v) is 15.0. The highest BCUT2D eigenvalue weighted by atomic mass is 32.1. The van der Waals surface area contributed by atoms with Crippen molar-refractivity contribution >= 4 is 22.4 Å². The van der Waals surface area contributed by atoms with Crippen molar-refractivity contribution in [1.82, 2.24) is 4.98 Å². The number of anilines is 1. The van der Waals surface area contributed by atoms with Crippen LogP contribution >= 0.6 is 11.3 Å². The third-order valence-corrected chi connectivity index (χ3v) is 4.51. The molecule has 0 spiro atoms. The van der Waals surface area contributed by atoms with E-state index in [1.165, 1.54) is 23.5 Å². The topological polar surface area (TPSA) is 51.2 Å². The number of benzene rings is 2. The number of ether oxygens (including phenoxy) is 1. The fraction of sp³-hybridized carbons (Fsp3) is 0.158. The average Bonchev–Trinajstić information content (AvgIpc) is 3.09. The maximum Gasteiger partial charge on any atom is 0.416 e. The second-order valence-corrected chi connectivity index (χ2v) is 6.52. The summed E-state index contributed by atoms with van der Waals surface area (Å²) in [6, 6.07) is 12.1. The van der Waals surface area contributed by atoms with Gasteiger partial charge in [0.25, 0.3) is 0 Å². The van der Waals surface area contributed by atoms with Crippen molar-refractivity contribution in [2.75, 3.05) is 12.4 Å². The van der Waals surface area contributed by atoms with Crippen LogP contribution in [-0.4, -0.2) is 18.0 Å². The second kappa shape index (κ2) is 7.79. The molecule has 0 unspecified atom stereocenters. The molecule has 0 saturated heterocycles. The Bertz CT molecular complexity index is 954. The van der Waals surface area contributed by atoms with E-state index >= 15 is 0 Å². The van der Waals surface area contributed by atoms with Crippen LogP contribution < -0.4 is 10.1 Å². The number of nitrogens with one attached hydrogen (secondary N) is 1. The predicted molar refractivity (Wildman–Crippen MR) is 97.9 cm³/mol. The Balaban J connectivity index is 1.70. The van der Waals surface area contributed by atoms with Crippen molar-refractivity contribution in [3.8, 4) is 17.0 Å². The average molecular weight is 392 g/mol. The van der Waals surface area contributed by atoms with E-state index in [2.05, 4.69) is 10.3 Å². The first-order valence-electron chi connectivity index (χ1n) is 7.91. The fourth-order valence-corrected chi connectivity index (χ4v) is 3.24. The molecule has 27 heavy (non-hydrogen) atoms. The minimum atomic E-state index is -4.44. The van der Waals surface area contributed by atoms with Crippen LogP contribution in [0.3, 0.4) is 0 Å². The lowest BCUT2D eigenvalue weighted by Crippen LogP contribution is -2.15. The van der Waals surface area contributed by atoms with Crippen molar-refractivity contribution in [2.45, 2.75) is 12.6 Å². The normalized spacial score (nSPS) is 11.3. The molecule has 0 radical (unpaired) electrons. The third-order valence-electron chi connectivity index (χ3n) is 3.75. The number of alkyl halides is 3. The minimum Gasteiger partial charge on any atom is -0.496 e. The summed E-state index contributed by atoms with van der Waals surface area (Å²) in [7, 11) is 1.56. The van der Waals surface area contributed by atoms with Crippen molar-refractivity contribution in [2.24, 2.45) is 0 Å². The molecule has 0 aliphatic rings. The number of methoxy groups -OCH3 is 1. The van der Waals surface area contributed by atoms with E-state index in [0.29, 0.717) is 16.6 Å². The second-order valence-electron chi connectivity index (χ2n) is 5.66. The van der Waals surface area contributed by atoms with E-state index in [9.17, 15) is 18.0 Å². The van der Waals surface area contributed by atoms with Gasteiger partial charge in [0.15, 0.2) is 5.13 Å². The zero-order chi connectivity index (χ0) is 19.4. The molecule has 3 rings (SSSR count). The number of carbonyl (C=O) groups is 1. The molecule has 0 aliphatic heterocycles. The molecule has 1 amide bonds. The predicted octanol–water partition coefficient (Wildman–Crippen LogP) is 5.02. The lowest BCUT2D eigenvalue weighted by atomic mass is 10.1. The number of aromatic nitrogens is 1. The summed E-state index contributed by atoms with van der Waals surface area (Å²) in [5.41, 5.74) is 0.936. The van der Waals surface area contributed by atoms with Crippen LogP contribution in [0.5, 0.6) is 5.75 Å². The summed E-state index contributed by atoms with van der Waals surface area (Å²) in [4.78, 5) is 16.5. The van der Waals surface area contributed by atoms with Crippen LogP contribution in [0.1, 0.15) is 11.1 Å². The Morgan fingerprint density at radius 3 is 2.70 bits per heavy atom. The van der Waals surface area contributed by atoms with Crippen LogP contribution in [0.4, 0.5) is 18.3 Å². The van der Waals surface area contributed by atoms with Gasteiger partial charge >= 0.3 is 6.18 Å². The van der Waals surface area contributed by atoms with Crippen LogP contribution in [0.25, 0.3) is 11.3 Å². The standard InChI is InChI=1S/C19H15F3N2O2S/c1-26-16-8-3-2-7-14(16)15-11-27-18(23-15)24-17(25)10-12-5-4-6-13(9-12)19(20,21)22/h2-9,11H,10H2,1H3,(H,23,24,25). The molecule has 3 aromatic rings. The van der Waals surface area contributed by atoms with Crippen molar-refractivity contribution < 1.29 is 22.7 Å². The van der Waals surface area contributed by atoms with Crippen LogP contribution in [-0.2, 0) is 17.4 Å². The number of amides is 1. The lowest BCUT2D eigenvalue weighted by molar-refractivity contribution is -0.137. The summed E-state index contributed by atoms with van der Waals surface area (Å²) < 4.78 is 43.6. The number of para-hydroxylation sites is 1. The first-order chi connectivity index (χ1) is 12.9. The summed E-state index contributed by atoms with van der Waals surface area (Å²) >= 11 is 1.23. The van der Waals surface area contributed by atoms with Gasteiger partial charge in [-0.05, 0) is 23.8 Å². The fourth-order valence-electron chi connectivity index (χ4n) is 2.52. The quantitative estimate of drug-likeness (QED) is 0.663. The Morgan fingerprint density at radius 1 is 1.19 bits per heavy atom. The highest BCUT2D eigenvalue weighted by molar-refractivity contribution is 7.14. The minimum absolute atomic E-state index is 0.173. The monoisotopic (exact) mass is 392 g/mol. The molecule has 1 N–H and O–H groups in total. The van der Waals surface area contributed by atoms with E-state index in [-0.39, 0.29) is 12.0 Å². The first kappa shape index (κ1) is 18.9. The molecule has 0 fully saturated rings. The molecule has 1 aromatic heterocycles. The largest absolute Gasteiger partial charge is 0.496 e. The van der Waals surface area contributed by atoms with Crippen LogP contribution in [0.2, 0.25) is 0 Å². The van der Waals surface area contributed by atoms with Gasteiger partial charge in [-0.3, -0.25) is 4.79 Å². The molecule has 140 valence electrons. The van der Waals surface area contributed by atoms with Crippen molar-refractivity contribution in [3.05, 3.63) is 65.0 Å². The van der Waals surface area contributed by atoms with Gasteiger partial charge < -0.3 is 10.1 Å². The maximum atomic E-state index is 12.8. The Hall–Kier alpha value is -2.87. The van der Waals surface area contributed by atoms with Gasteiger partial charge in [-0.15, -0.1) is 11.3 Å². The van der Waals surface area contributed by atoms with E-state index < -0.39 is 17.6 Å². The number of hydrogen-bond acceptors (Lipinski definition) is 4. The molecule has 0 saturated carbocycles. The van der Waals surface area contributed by atoms with Gasteiger partial charge in [0.05, 0.1) is 24.8 Å². The van der Waals surface area contributed by atoms with Gasteiger partial charge in [-0.25, -0.2) is 4.98 Å². The summed E-state index contributed by atoms with van der Waals surface area (Å²) in [5, 5.41) is 4.77. The Labute approximate surface area is 157 Å². The van der Waals surface area contributed by atoms with E-state index in [0.717, 1.165) is 17.7 Å². The SMILES string of the molecule is COc1ccccc1-c1csc(NC(=O)Cc2cccc(C(F)(F)F)c2)n1. The molecule has 2 aromatic carbocycles. The molecule has 4 nitrogen and oxygen atoms in total. The highest BCUT2D eigenvalue weighted by Gasteiger charge is 2.30. The molecule has 8 heteroatoms. The molecule has 0 atom stereocenters. The van der Waals surface area contributed by atoms with Gasteiger partial charge in [0.2, 0.25) is 5.91 Å². The first-order valence-corrected chi connectivity index (χ1v) is 8.79. The zero-order valence-electron chi connectivity index (χ0n) is 14.2. The Morgan fingerprint density at radius 2 is 1.96 bits per heavy atom. The molecular formula is C19H15F3N2O2S. The van der Waals surface area contributed by atoms with Gasteiger partial charge in [-0.1, -0.05) is 30.3 Å². The summed E-state index contributed by atoms with van der Waals surface area (Å²) in [6.45, 7) is 0. The van der Waals surface area contributed by atoms with Crippen molar-refractivity contribution in [1.29, 1.82) is 0 Å². The van der Waals surface area contributed by atoms with E-state index in [4.69, 9.17) is 4.74 Å². The smallest absolute Gasteiger partial charge is 0.416 e. The summed E-state index contributed by atoms with van der Waals surface area (Å²) in [6.07, 6.45) is -4.61. The number of carbonyl (C=O) groups excluding carboxylic acids is 1. The van der Waals surface area contributed by atoms with Crippen molar-refractivity contribution in [3.63, 3.8) is 0 Å². The summed E-state index contributed by atoms with van der Waals surface area (Å²) in [5.74, 6) is 0.222. The lowest BCUT2D eigenvalue weighted by Gasteiger charge is -2.08. The van der Waals surface area contributed by atoms with Gasteiger partial charge in [0, 0.05) is 10.9 Å². The van der Waals surface area contributed by atoms with E-state index in [1.54, 1.807) is 18.6 Å². The molecule has 0 aliphatic carbocycles. The number of rotatable bonds is 5. The number of thiazole rings is 1. The van der Waals surface area contributed by atoms with Crippen LogP contribution in [0, 0.1) is 0 Å². The maximum absolute atomic E-state index is 12.8. The van der Waals surface area contributed by atoms with Crippen LogP contribution in [0.15, 0.2) is 53.9 Å². The highest BCUT2D eigenvalue weighted by Crippen LogP contribution is 2.32.